The predicted octanol–water partition coefficient (Wildman–Crippen LogP) is 3.34. The van der Waals surface area contributed by atoms with Crippen LogP contribution in [-0.4, -0.2) is 12.6 Å². The third kappa shape index (κ3) is 2.98. The SMILES string of the molecule is CC1CCCC(NCC2(C)CC2)CC1. The van der Waals surface area contributed by atoms with Crippen LogP contribution >= 0.6 is 0 Å². The summed E-state index contributed by atoms with van der Waals surface area (Å²) in [5, 5.41) is 3.78. The topological polar surface area (TPSA) is 12.0 Å². The van der Waals surface area contributed by atoms with Gasteiger partial charge in [-0.05, 0) is 43.4 Å². The van der Waals surface area contributed by atoms with Gasteiger partial charge >= 0.3 is 0 Å². The molecule has 1 heteroatoms. The van der Waals surface area contributed by atoms with Crippen molar-refractivity contribution in [3.63, 3.8) is 0 Å². The first-order chi connectivity index (χ1) is 6.68. The summed E-state index contributed by atoms with van der Waals surface area (Å²) in [6.45, 7) is 6.09. The van der Waals surface area contributed by atoms with E-state index in [9.17, 15) is 0 Å². The molecule has 1 N–H and O–H groups in total. The molecule has 0 aromatic heterocycles. The molecule has 0 aromatic rings. The van der Waals surface area contributed by atoms with Crippen LogP contribution in [0.15, 0.2) is 0 Å². The van der Waals surface area contributed by atoms with Crippen LogP contribution in [0.4, 0.5) is 0 Å². The standard InChI is InChI=1S/C13H25N/c1-11-4-3-5-12(7-6-11)14-10-13(2)8-9-13/h11-12,14H,3-10H2,1-2H3. The van der Waals surface area contributed by atoms with Gasteiger partial charge in [-0.2, -0.15) is 0 Å². The van der Waals surface area contributed by atoms with E-state index in [1.54, 1.807) is 0 Å². The fraction of sp³-hybridized carbons (Fsp3) is 1.00. The van der Waals surface area contributed by atoms with E-state index in [0.717, 1.165) is 12.0 Å². The van der Waals surface area contributed by atoms with Crippen molar-refractivity contribution in [3.05, 3.63) is 0 Å². The molecule has 2 unspecified atom stereocenters. The van der Waals surface area contributed by atoms with E-state index in [1.807, 2.05) is 0 Å². The highest BCUT2D eigenvalue weighted by Gasteiger charge is 2.37. The molecule has 1 nitrogen and oxygen atoms in total. The summed E-state index contributed by atoms with van der Waals surface area (Å²) < 4.78 is 0. The molecule has 0 aromatic carbocycles. The second-order valence-electron chi connectivity index (χ2n) is 6.00. The van der Waals surface area contributed by atoms with Crippen molar-refractivity contribution in [3.8, 4) is 0 Å². The molecular weight excluding hydrogens is 170 g/mol. The maximum Gasteiger partial charge on any atom is 0.00673 e. The lowest BCUT2D eigenvalue weighted by atomic mass is 10.0. The normalized spacial score (nSPS) is 36.4. The van der Waals surface area contributed by atoms with Gasteiger partial charge in [0, 0.05) is 12.6 Å². The molecule has 2 atom stereocenters. The lowest BCUT2D eigenvalue weighted by molar-refractivity contribution is 0.399. The van der Waals surface area contributed by atoms with Gasteiger partial charge in [-0.1, -0.05) is 26.7 Å². The van der Waals surface area contributed by atoms with Crippen molar-refractivity contribution in [2.24, 2.45) is 11.3 Å². The molecule has 0 saturated heterocycles. The van der Waals surface area contributed by atoms with Crippen molar-refractivity contribution in [2.75, 3.05) is 6.54 Å². The molecule has 0 spiro atoms. The molecule has 0 aliphatic heterocycles. The molecule has 0 heterocycles. The highest BCUT2D eigenvalue weighted by Crippen LogP contribution is 2.44. The van der Waals surface area contributed by atoms with Crippen LogP contribution in [0.1, 0.15) is 58.8 Å². The first-order valence-electron chi connectivity index (χ1n) is 6.41. The lowest BCUT2D eigenvalue weighted by Crippen LogP contribution is -2.32. The van der Waals surface area contributed by atoms with Crippen LogP contribution in [0, 0.1) is 11.3 Å². The van der Waals surface area contributed by atoms with E-state index in [2.05, 4.69) is 19.2 Å². The van der Waals surface area contributed by atoms with Gasteiger partial charge in [0.15, 0.2) is 0 Å². The largest absolute Gasteiger partial charge is 0.313 e. The summed E-state index contributed by atoms with van der Waals surface area (Å²) >= 11 is 0. The Morgan fingerprint density at radius 3 is 2.64 bits per heavy atom. The van der Waals surface area contributed by atoms with Gasteiger partial charge < -0.3 is 5.32 Å². The first kappa shape index (κ1) is 10.5. The molecule has 2 aliphatic rings. The van der Waals surface area contributed by atoms with Gasteiger partial charge in [-0.15, -0.1) is 0 Å². The van der Waals surface area contributed by atoms with Crippen molar-refractivity contribution < 1.29 is 0 Å². The molecule has 2 saturated carbocycles. The van der Waals surface area contributed by atoms with Crippen molar-refractivity contribution in [1.29, 1.82) is 0 Å². The van der Waals surface area contributed by atoms with Crippen molar-refractivity contribution >= 4 is 0 Å². The van der Waals surface area contributed by atoms with Crippen LogP contribution in [0.2, 0.25) is 0 Å². The molecule has 82 valence electrons. The minimum atomic E-state index is 0.678. The Hall–Kier alpha value is -0.0400. The van der Waals surface area contributed by atoms with E-state index >= 15 is 0 Å². The zero-order valence-electron chi connectivity index (χ0n) is 9.81. The second kappa shape index (κ2) is 4.22. The Kier molecular flexibility index (Phi) is 3.16. The zero-order valence-corrected chi connectivity index (χ0v) is 9.81. The Bertz CT molecular complexity index is 184. The molecule has 0 amide bonds. The van der Waals surface area contributed by atoms with Gasteiger partial charge in [-0.3, -0.25) is 0 Å². The molecule has 14 heavy (non-hydrogen) atoms. The van der Waals surface area contributed by atoms with E-state index in [-0.39, 0.29) is 0 Å². The highest BCUT2D eigenvalue weighted by atomic mass is 14.9. The molecule has 0 bridgehead atoms. The fourth-order valence-corrected chi connectivity index (χ4v) is 2.47. The zero-order chi connectivity index (χ0) is 10.0. The molecule has 2 aliphatic carbocycles. The second-order valence-corrected chi connectivity index (χ2v) is 6.00. The number of hydrogen-bond donors (Lipinski definition) is 1. The minimum absolute atomic E-state index is 0.678. The molecule has 2 rings (SSSR count). The van der Waals surface area contributed by atoms with Gasteiger partial charge in [-0.25, -0.2) is 0 Å². The predicted molar refractivity (Wildman–Crippen MR) is 61.4 cm³/mol. The Balaban J connectivity index is 1.69. The average Bonchev–Trinajstić information content (AvgIpc) is 2.90. The van der Waals surface area contributed by atoms with Crippen LogP contribution in [0.3, 0.4) is 0 Å². The monoisotopic (exact) mass is 195 g/mol. The quantitative estimate of drug-likeness (QED) is 0.681. The average molecular weight is 195 g/mol. The first-order valence-corrected chi connectivity index (χ1v) is 6.41. The highest BCUT2D eigenvalue weighted by molar-refractivity contribution is 4.91. The fourth-order valence-electron chi connectivity index (χ4n) is 2.47. The van der Waals surface area contributed by atoms with Crippen LogP contribution in [-0.2, 0) is 0 Å². The van der Waals surface area contributed by atoms with Crippen LogP contribution in [0.5, 0.6) is 0 Å². The number of rotatable bonds is 3. The van der Waals surface area contributed by atoms with Crippen LogP contribution < -0.4 is 5.32 Å². The van der Waals surface area contributed by atoms with Gasteiger partial charge in [0.1, 0.15) is 0 Å². The van der Waals surface area contributed by atoms with E-state index < -0.39 is 0 Å². The van der Waals surface area contributed by atoms with Crippen LogP contribution in [0.25, 0.3) is 0 Å². The summed E-state index contributed by atoms with van der Waals surface area (Å²) in [4.78, 5) is 0. The number of hydrogen-bond acceptors (Lipinski definition) is 1. The smallest absolute Gasteiger partial charge is 0.00673 e. The lowest BCUT2D eigenvalue weighted by Gasteiger charge is -2.19. The molecular formula is C13H25N. The maximum atomic E-state index is 3.78. The third-order valence-corrected chi connectivity index (χ3v) is 4.18. The number of nitrogens with one attached hydrogen (secondary N) is 1. The Morgan fingerprint density at radius 2 is 1.93 bits per heavy atom. The Morgan fingerprint density at radius 1 is 1.14 bits per heavy atom. The molecule has 2 fully saturated rings. The van der Waals surface area contributed by atoms with Gasteiger partial charge in [0.2, 0.25) is 0 Å². The van der Waals surface area contributed by atoms with E-state index in [4.69, 9.17) is 0 Å². The maximum absolute atomic E-state index is 3.78. The summed E-state index contributed by atoms with van der Waals surface area (Å²) in [6, 6.07) is 0.831. The molecule has 0 radical (unpaired) electrons. The van der Waals surface area contributed by atoms with Gasteiger partial charge in [0.25, 0.3) is 0 Å². The summed E-state index contributed by atoms with van der Waals surface area (Å²) in [5.41, 5.74) is 0.678. The Labute approximate surface area is 88.7 Å². The van der Waals surface area contributed by atoms with Crippen molar-refractivity contribution in [1.82, 2.24) is 5.32 Å². The van der Waals surface area contributed by atoms with Crippen molar-refractivity contribution in [2.45, 2.75) is 64.8 Å². The van der Waals surface area contributed by atoms with E-state index in [1.165, 1.54) is 51.5 Å². The third-order valence-electron chi connectivity index (χ3n) is 4.18. The summed E-state index contributed by atoms with van der Waals surface area (Å²) in [7, 11) is 0. The minimum Gasteiger partial charge on any atom is -0.313 e. The van der Waals surface area contributed by atoms with Gasteiger partial charge in [0.05, 0.1) is 0 Å². The summed E-state index contributed by atoms with van der Waals surface area (Å²) in [5.74, 6) is 0.971. The van der Waals surface area contributed by atoms with E-state index in [0.29, 0.717) is 5.41 Å². The summed E-state index contributed by atoms with van der Waals surface area (Å²) in [6.07, 6.45) is 10.1.